The summed E-state index contributed by atoms with van der Waals surface area (Å²) in [5.74, 6) is 1.42. The maximum absolute atomic E-state index is 8.94. The fourth-order valence-corrected chi connectivity index (χ4v) is 2.95. The molecule has 111 valence electrons. The predicted molar refractivity (Wildman–Crippen MR) is 91.4 cm³/mol. The van der Waals surface area contributed by atoms with Crippen LogP contribution in [-0.2, 0) is 0 Å². The summed E-state index contributed by atoms with van der Waals surface area (Å²) in [5.41, 5.74) is 4.36. The van der Waals surface area contributed by atoms with Crippen molar-refractivity contribution in [2.24, 2.45) is 0 Å². The molecule has 0 aliphatic carbocycles. The number of hydrogen-bond donors (Lipinski definition) is 0. The van der Waals surface area contributed by atoms with Crippen LogP contribution < -0.4 is 9.80 Å². The molecular weight excluding hydrogens is 270 g/mol. The van der Waals surface area contributed by atoms with Gasteiger partial charge in [-0.25, -0.2) is 0 Å². The molecule has 2 aromatic rings. The number of rotatable bonds is 3. The van der Waals surface area contributed by atoms with Gasteiger partial charge in [0, 0.05) is 25.3 Å². The number of anilines is 3. The van der Waals surface area contributed by atoms with Crippen LogP contribution in [0, 0.1) is 17.2 Å². The van der Waals surface area contributed by atoms with Gasteiger partial charge in [-0.05, 0) is 42.3 Å². The van der Waals surface area contributed by atoms with Gasteiger partial charge in [-0.15, -0.1) is 0 Å². The Kier molecular flexibility index (Phi) is 4.02. The third-order valence-electron chi connectivity index (χ3n) is 3.92. The summed E-state index contributed by atoms with van der Waals surface area (Å²) in [6.45, 7) is 7.31. The lowest BCUT2D eigenvalue weighted by atomic mass is 10.1. The van der Waals surface area contributed by atoms with Crippen molar-refractivity contribution in [1.82, 2.24) is 0 Å². The Balaban J connectivity index is 1.95. The van der Waals surface area contributed by atoms with E-state index >= 15 is 0 Å². The van der Waals surface area contributed by atoms with Gasteiger partial charge in [0.05, 0.1) is 23.0 Å². The van der Waals surface area contributed by atoms with E-state index in [1.165, 1.54) is 17.3 Å². The Morgan fingerprint density at radius 2 is 1.68 bits per heavy atom. The quantitative estimate of drug-likeness (QED) is 0.851. The van der Waals surface area contributed by atoms with Crippen LogP contribution in [0.1, 0.15) is 19.4 Å². The summed E-state index contributed by atoms with van der Waals surface area (Å²) < 4.78 is 0. The van der Waals surface area contributed by atoms with Crippen LogP contribution >= 0.6 is 0 Å². The first-order valence-electron chi connectivity index (χ1n) is 7.60. The fraction of sp³-hybridized carbons (Fsp3) is 0.263. The molecule has 0 unspecified atom stereocenters. The molecular formula is C19H20N3. The summed E-state index contributed by atoms with van der Waals surface area (Å²) >= 11 is 0. The van der Waals surface area contributed by atoms with E-state index in [4.69, 9.17) is 5.26 Å². The molecule has 2 aromatic carbocycles. The number of fused-ring (bicyclic) bond motifs is 1. The zero-order valence-corrected chi connectivity index (χ0v) is 13.1. The van der Waals surface area contributed by atoms with Crippen LogP contribution in [0.2, 0.25) is 0 Å². The number of para-hydroxylation sites is 2. The standard InChI is InChI=1S/C19H20N3/c1-15(2)14-21-11-12-22(19-6-4-3-5-18(19)21)17-9-7-16(13-20)8-10-17/h3-10H,11-12,14H2,1-2H3. The Bertz CT molecular complexity index is 683. The van der Waals surface area contributed by atoms with Gasteiger partial charge in [-0.3, -0.25) is 0 Å². The van der Waals surface area contributed by atoms with Crippen molar-refractivity contribution in [2.75, 3.05) is 29.4 Å². The van der Waals surface area contributed by atoms with Crippen LogP contribution in [0.4, 0.5) is 17.1 Å². The number of nitriles is 1. The Morgan fingerprint density at radius 1 is 1.00 bits per heavy atom. The van der Waals surface area contributed by atoms with E-state index in [9.17, 15) is 0 Å². The van der Waals surface area contributed by atoms with Crippen LogP contribution in [0.5, 0.6) is 0 Å². The molecule has 3 rings (SSSR count). The molecule has 0 amide bonds. The second-order valence-electron chi connectivity index (χ2n) is 5.93. The second-order valence-corrected chi connectivity index (χ2v) is 5.93. The van der Waals surface area contributed by atoms with Gasteiger partial charge in [0.2, 0.25) is 0 Å². The van der Waals surface area contributed by atoms with E-state index in [1.54, 1.807) is 0 Å². The average molecular weight is 290 g/mol. The summed E-state index contributed by atoms with van der Waals surface area (Å²) in [4.78, 5) is 4.77. The van der Waals surface area contributed by atoms with Crippen LogP contribution in [-0.4, -0.2) is 19.6 Å². The largest absolute Gasteiger partial charge is 0.368 e. The SMILES string of the molecule is C[C](C)CN1CCN(c2ccc(C#N)cc2)c2ccccc21. The van der Waals surface area contributed by atoms with Gasteiger partial charge in [-0.1, -0.05) is 26.0 Å². The summed E-state index contributed by atoms with van der Waals surface area (Å²) in [6, 6.07) is 18.5. The highest BCUT2D eigenvalue weighted by atomic mass is 15.3. The Morgan fingerprint density at radius 3 is 2.32 bits per heavy atom. The first kappa shape index (κ1) is 14.5. The molecule has 0 saturated heterocycles. The molecule has 3 nitrogen and oxygen atoms in total. The predicted octanol–water partition coefficient (Wildman–Crippen LogP) is 4.13. The molecule has 0 N–H and O–H groups in total. The monoisotopic (exact) mass is 290 g/mol. The van der Waals surface area contributed by atoms with E-state index in [-0.39, 0.29) is 0 Å². The molecule has 22 heavy (non-hydrogen) atoms. The summed E-state index contributed by atoms with van der Waals surface area (Å²) in [5, 5.41) is 8.94. The minimum absolute atomic E-state index is 0.701. The summed E-state index contributed by atoms with van der Waals surface area (Å²) in [7, 11) is 0. The minimum atomic E-state index is 0.701. The molecule has 0 spiro atoms. The van der Waals surface area contributed by atoms with Crippen LogP contribution in [0.15, 0.2) is 48.5 Å². The van der Waals surface area contributed by atoms with Crippen molar-refractivity contribution in [1.29, 1.82) is 5.26 Å². The van der Waals surface area contributed by atoms with Gasteiger partial charge in [0.15, 0.2) is 0 Å². The minimum Gasteiger partial charge on any atom is -0.368 e. The van der Waals surface area contributed by atoms with Crippen molar-refractivity contribution in [2.45, 2.75) is 13.8 Å². The van der Waals surface area contributed by atoms with E-state index < -0.39 is 0 Å². The average Bonchev–Trinajstić information content (AvgIpc) is 2.55. The maximum Gasteiger partial charge on any atom is 0.0991 e. The van der Waals surface area contributed by atoms with Gasteiger partial charge < -0.3 is 9.80 Å². The highest BCUT2D eigenvalue weighted by molar-refractivity contribution is 5.79. The Labute approximate surface area is 132 Å². The molecule has 1 aliphatic heterocycles. The van der Waals surface area contributed by atoms with Gasteiger partial charge in [0.1, 0.15) is 0 Å². The van der Waals surface area contributed by atoms with Gasteiger partial charge >= 0.3 is 0 Å². The van der Waals surface area contributed by atoms with E-state index in [1.807, 2.05) is 24.3 Å². The molecule has 0 aromatic heterocycles. The van der Waals surface area contributed by atoms with E-state index in [2.05, 4.69) is 54.0 Å². The number of benzene rings is 2. The molecule has 1 aliphatic rings. The molecule has 0 fully saturated rings. The Hall–Kier alpha value is -2.47. The highest BCUT2D eigenvalue weighted by Crippen LogP contribution is 2.37. The lowest BCUT2D eigenvalue weighted by Crippen LogP contribution is -2.40. The molecule has 0 bridgehead atoms. The molecule has 0 saturated carbocycles. The third-order valence-corrected chi connectivity index (χ3v) is 3.92. The number of hydrogen-bond acceptors (Lipinski definition) is 3. The molecule has 3 heteroatoms. The maximum atomic E-state index is 8.94. The lowest BCUT2D eigenvalue weighted by Gasteiger charge is -2.39. The van der Waals surface area contributed by atoms with Crippen molar-refractivity contribution in [3.05, 3.63) is 60.0 Å². The molecule has 1 radical (unpaired) electrons. The first-order valence-corrected chi connectivity index (χ1v) is 7.60. The van der Waals surface area contributed by atoms with Crippen molar-refractivity contribution >= 4 is 17.1 Å². The van der Waals surface area contributed by atoms with Gasteiger partial charge in [0.25, 0.3) is 0 Å². The number of nitrogens with zero attached hydrogens (tertiary/aromatic N) is 3. The molecule has 0 atom stereocenters. The zero-order valence-electron chi connectivity index (χ0n) is 13.1. The topological polar surface area (TPSA) is 30.3 Å². The normalized spacial score (nSPS) is 13.9. The first-order chi connectivity index (χ1) is 10.7. The van der Waals surface area contributed by atoms with Crippen molar-refractivity contribution in [3.63, 3.8) is 0 Å². The van der Waals surface area contributed by atoms with Crippen LogP contribution in [0.3, 0.4) is 0 Å². The van der Waals surface area contributed by atoms with Gasteiger partial charge in [-0.2, -0.15) is 5.26 Å². The smallest absolute Gasteiger partial charge is 0.0991 e. The van der Waals surface area contributed by atoms with Crippen molar-refractivity contribution in [3.8, 4) is 6.07 Å². The fourth-order valence-electron chi connectivity index (χ4n) is 2.95. The van der Waals surface area contributed by atoms with E-state index in [0.29, 0.717) is 5.56 Å². The lowest BCUT2D eigenvalue weighted by molar-refractivity contribution is 0.748. The highest BCUT2D eigenvalue weighted by Gasteiger charge is 2.23. The van der Waals surface area contributed by atoms with Crippen molar-refractivity contribution < 1.29 is 0 Å². The molecule has 1 heterocycles. The van der Waals surface area contributed by atoms with Crippen LogP contribution in [0.25, 0.3) is 0 Å². The third kappa shape index (κ3) is 2.78. The second kappa shape index (κ2) is 6.11. The summed E-state index contributed by atoms with van der Waals surface area (Å²) in [6.07, 6.45) is 0. The van der Waals surface area contributed by atoms with E-state index in [0.717, 1.165) is 25.3 Å². The zero-order chi connectivity index (χ0) is 15.5.